The first-order chi connectivity index (χ1) is 62.6. The van der Waals surface area contributed by atoms with Gasteiger partial charge in [0.1, 0.15) is 80.0 Å². The maximum atomic E-state index is 14.0. The smallest absolute Gasteiger partial charge is 0.309 e. The van der Waals surface area contributed by atoms with Crippen LogP contribution in [0.3, 0.4) is 0 Å². The van der Waals surface area contributed by atoms with Crippen LogP contribution < -0.4 is 28.4 Å². The molecule has 0 unspecified atom stereocenters. The van der Waals surface area contributed by atoms with Crippen molar-refractivity contribution in [2.75, 3.05) is 42.7 Å². The minimum Gasteiger partial charge on any atom is -0.488 e. The molecule has 690 valence electrons. The number of ether oxygens (including phenoxy) is 12. The molecule has 131 heavy (non-hydrogen) atoms. The van der Waals surface area contributed by atoms with E-state index in [2.05, 4.69) is 139 Å². The van der Waals surface area contributed by atoms with Crippen LogP contribution in [0.4, 0.5) is 4.39 Å². The van der Waals surface area contributed by atoms with Gasteiger partial charge in [0.2, 0.25) is 0 Å². The van der Waals surface area contributed by atoms with E-state index in [1.165, 1.54) is 65.4 Å². The van der Waals surface area contributed by atoms with E-state index >= 15 is 0 Å². The van der Waals surface area contributed by atoms with Crippen LogP contribution in [0.2, 0.25) is 5.02 Å². The second kappa shape index (κ2) is 56.6. The molecule has 0 spiro atoms. The van der Waals surface area contributed by atoms with E-state index in [1.54, 1.807) is 18.2 Å². The highest BCUT2D eigenvalue weighted by Crippen LogP contribution is 2.36. The molecule has 0 aromatic heterocycles. The number of esters is 6. The van der Waals surface area contributed by atoms with Crippen molar-refractivity contribution >= 4 is 182 Å². The van der Waals surface area contributed by atoms with Gasteiger partial charge in [-0.2, -0.15) is 0 Å². The Balaban J connectivity index is 0.000000215. The number of benzene rings is 12. The van der Waals surface area contributed by atoms with Gasteiger partial charge in [-0.15, -0.1) is 0 Å². The van der Waals surface area contributed by atoms with Gasteiger partial charge in [0, 0.05) is 35.3 Å². The number of methoxy groups -OCH3 is 6. The molecule has 28 heteroatoms. The molecule has 0 atom stereocenters. The van der Waals surface area contributed by atoms with E-state index < -0.39 is 11.8 Å². The molecule has 0 radical (unpaired) electrons. The Morgan fingerprint density at radius 1 is 0.267 bits per heavy atom. The molecular formula is C103H100Br7ClFIO18. The normalized spacial score (nSPS) is 10.3. The Hall–Kier alpha value is -9.43. The molecule has 12 rings (SSSR count). The Labute approximate surface area is 843 Å². The van der Waals surface area contributed by atoms with Crippen LogP contribution in [0.5, 0.6) is 34.5 Å². The highest BCUT2D eigenvalue weighted by Gasteiger charge is 2.20. The first kappa shape index (κ1) is 109. The topological polar surface area (TPSA) is 213 Å². The summed E-state index contributed by atoms with van der Waals surface area (Å²) < 4.78 is 84.8. The molecule has 0 saturated carbocycles. The summed E-state index contributed by atoms with van der Waals surface area (Å²) in [6, 6.07) is 70.6. The molecule has 0 heterocycles. The van der Waals surface area contributed by atoms with Crippen molar-refractivity contribution in [3.8, 4) is 34.5 Å². The fourth-order valence-corrected chi connectivity index (χ4v) is 17.5. The van der Waals surface area contributed by atoms with E-state index in [0.29, 0.717) is 48.3 Å². The van der Waals surface area contributed by atoms with Gasteiger partial charge in [0.25, 0.3) is 0 Å². The molecule has 12 aromatic rings. The third kappa shape index (κ3) is 36.5. The van der Waals surface area contributed by atoms with Crippen LogP contribution in [-0.2, 0) is 135 Å². The first-order valence-corrected chi connectivity index (χ1v) is 47.6. The SMILES string of the molecule is COC(=O)Cc1cccc(Br)c1COc1ccc(C)cc1Br.COC(=O)Cc1cccc(C)c1COc1ccc(C)cc1Br.COC(=O)Cc1cccc(Cl)c1COc1ccc(C)cc1Br.COC(=O)Cc1cccc(F)c1COc1ccc(C)cc1Br.COC(=O)Cc1cccc(I)c1COc1ccc(C)cc1Br.COC(=O)Cc1ccccc1COc1ccc(C)cc1Br. The van der Waals surface area contributed by atoms with Crippen LogP contribution in [0.1, 0.15) is 106 Å². The molecule has 12 aromatic carbocycles. The Kier molecular flexibility index (Phi) is 46.9. The van der Waals surface area contributed by atoms with Crippen LogP contribution in [0.25, 0.3) is 0 Å². The van der Waals surface area contributed by atoms with Crippen LogP contribution in [-0.4, -0.2) is 78.5 Å². The summed E-state index contributed by atoms with van der Waals surface area (Å²) in [6.07, 6.45) is 1.18. The van der Waals surface area contributed by atoms with Gasteiger partial charge in [-0.25, -0.2) is 4.39 Å². The summed E-state index contributed by atoms with van der Waals surface area (Å²) in [5.74, 6) is 2.35. The predicted octanol–water partition coefficient (Wildman–Crippen LogP) is 26.8. The van der Waals surface area contributed by atoms with Crippen molar-refractivity contribution in [2.24, 2.45) is 0 Å². The van der Waals surface area contributed by atoms with E-state index in [-0.39, 0.29) is 81.6 Å². The number of hydrogen-bond donors (Lipinski definition) is 0. The van der Waals surface area contributed by atoms with Crippen LogP contribution >= 0.6 is 146 Å². The zero-order chi connectivity index (χ0) is 95.8. The average Bonchev–Trinajstić information content (AvgIpc) is 0.849. The number of hydrogen-bond acceptors (Lipinski definition) is 18. The molecular weight excluding hydrogens is 2270 g/mol. The average molecular weight is 2370 g/mol. The van der Waals surface area contributed by atoms with Gasteiger partial charge in [-0.1, -0.05) is 155 Å². The molecule has 0 aliphatic carbocycles. The molecule has 0 N–H and O–H groups in total. The molecule has 0 amide bonds. The summed E-state index contributed by atoms with van der Waals surface area (Å²) in [5, 5.41) is 0.574. The summed E-state index contributed by atoms with van der Waals surface area (Å²) in [6.45, 7) is 16.1. The summed E-state index contributed by atoms with van der Waals surface area (Å²) in [7, 11) is 8.26. The number of carbonyl (C=O) groups is 6. The second-order valence-corrected chi connectivity index (χ2v) is 36.9. The van der Waals surface area contributed by atoms with Crippen molar-refractivity contribution in [1.82, 2.24) is 0 Å². The van der Waals surface area contributed by atoms with E-state index in [0.717, 1.165) is 142 Å². The number of rotatable bonds is 30. The Bertz CT molecular complexity index is 5210. The maximum absolute atomic E-state index is 14.0. The number of halogens is 10. The third-order valence-corrected chi connectivity index (χ3v) is 25.5. The standard InChI is InChI=1S/C18H19BrO3.C17H16Br2O3.C17H16BrClO3.C17H16BrFO3.C17H16BrIO3.C17H17BrO3/c1-12-7-8-17(16(19)9-12)22-11-15-13(2)5-4-6-14(15)10-18(20)21-3;1-11-6-7-16(15(19)8-11)22-10-13-12(9-17(20)21-2)4-3-5-14(13)18;3*1-11-6-7-16(14(18)8-11)22-10-13-12(9-17(20)21-2)4-3-5-15(13)19;1-12-7-8-16(15(18)9-12)21-11-14-6-4-3-5-13(14)10-17(19)20-2/h4-9H,10-11H2,1-3H3;4*3-8H,9-10H2,1-2H3;3-9H,10-11H2,1-2H3. The van der Waals surface area contributed by atoms with Gasteiger partial charge in [0.15, 0.2) is 0 Å². The third-order valence-electron chi connectivity index (χ3n) is 19.6. The van der Waals surface area contributed by atoms with Gasteiger partial charge in [-0.05, 0) is 347 Å². The predicted molar refractivity (Wildman–Crippen MR) is 542 cm³/mol. The zero-order valence-corrected chi connectivity index (χ0v) is 88.5. The van der Waals surface area contributed by atoms with E-state index in [4.69, 9.17) is 63.7 Å². The van der Waals surface area contributed by atoms with Crippen molar-refractivity contribution in [1.29, 1.82) is 0 Å². The maximum Gasteiger partial charge on any atom is 0.309 e. The minimum atomic E-state index is -0.414. The molecule has 18 nitrogen and oxygen atoms in total. The van der Waals surface area contributed by atoms with Crippen molar-refractivity contribution in [3.05, 3.63) is 376 Å². The summed E-state index contributed by atoms with van der Waals surface area (Å²) >= 11 is 32.9. The summed E-state index contributed by atoms with van der Waals surface area (Å²) in [5.41, 5.74) is 18.2. The first-order valence-electron chi connectivity index (χ1n) is 40.6. The fraction of sp³-hybridized carbons (Fsp3) is 0.243. The highest BCUT2D eigenvalue weighted by molar-refractivity contribution is 14.1. The van der Waals surface area contributed by atoms with Crippen LogP contribution in [0.15, 0.2) is 256 Å². The van der Waals surface area contributed by atoms with Gasteiger partial charge >= 0.3 is 35.8 Å². The lowest BCUT2D eigenvalue weighted by Gasteiger charge is -2.14. The monoisotopic (exact) mass is 2360 g/mol. The largest absolute Gasteiger partial charge is 0.488 e. The lowest BCUT2D eigenvalue weighted by molar-refractivity contribution is -0.140. The van der Waals surface area contributed by atoms with E-state index in [1.807, 2.05) is 249 Å². The summed E-state index contributed by atoms with van der Waals surface area (Å²) in [4.78, 5) is 68.9. The molecule has 0 aliphatic rings. The van der Waals surface area contributed by atoms with Gasteiger partial charge in [-0.3, -0.25) is 28.8 Å². The molecule has 0 saturated heterocycles. The zero-order valence-electron chi connectivity index (χ0n) is 74.5. The van der Waals surface area contributed by atoms with Crippen LogP contribution in [0, 0.1) is 57.9 Å². The van der Waals surface area contributed by atoms with Crippen molar-refractivity contribution in [2.45, 2.75) is 127 Å². The van der Waals surface area contributed by atoms with Crippen molar-refractivity contribution in [3.63, 3.8) is 0 Å². The van der Waals surface area contributed by atoms with Gasteiger partial charge < -0.3 is 56.8 Å². The Morgan fingerprint density at radius 3 is 0.878 bits per heavy atom. The minimum absolute atomic E-state index is 0.0159. The lowest BCUT2D eigenvalue weighted by Crippen LogP contribution is -2.10. The second-order valence-electron chi connectivity index (χ2n) is 29.3. The van der Waals surface area contributed by atoms with Gasteiger partial charge in [0.05, 0.1) is 108 Å². The molecule has 0 fully saturated rings. The number of aryl methyl sites for hydroxylation is 7. The molecule has 0 bridgehead atoms. The highest BCUT2D eigenvalue weighted by atomic mass is 127. The fourth-order valence-electron chi connectivity index (χ4n) is 12.3. The van der Waals surface area contributed by atoms with E-state index in [9.17, 15) is 33.2 Å². The Morgan fingerprint density at radius 2 is 0.519 bits per heavy atom. The number of carbonyl (C=O) groups excluding carboxylic acids is 6. The molecule has 0 aliphatic heterocycles. The quantitative estimate of drug-likeness (QED) is 0.0232. The van der Waals surface area contributed by atoms with Crippen molar-refractivity contribution < 1.29 is 90.0 Å². The lowest BCUT2D eigenvalue weighted by atomic mass is 10.0.